The number of aromatic nitrogens is 1. The Bertz CT molecular complexity index is 1250. The first-order chi connectivity index (χ1) is 15.4. The molecule has 4 aromatic rings. The minimum absolute atomic E-state index is 0.0983. The van der Waals surface area contributed by atoms with Crippen LogP contribution < -0.4 is 10.1 Å². The van der Waals surface area contributed by atoms with E-state index in [2.05, 4.69) is 10.5 Å². The van der Waals surface area contributed by atoms with Crippen molar-refractivity contribution in [3.63, 3.8) is 0 Å². The van der Waals surface area contributed by atoms with Gasteiger partial charge in [0.15, 0.2) is 17.3 Å². The number of halogens is 4. The SMILES string of the molecule is O=C(Nc1c(F)cc(F)cc1Cl)c1cc(-c2ccc(OCc3ccccc3Cl)cc2)on1. The normalized spacial score (nSPS) is 10.8. The monoisotopic (exact) mass is 474 g/mol. The quantitative estimate of drug-likeness (QED) is 0.335. The predicted octanol–water partition coefficient (Wildman–Crippen LogP) is 6.76. The largest absolute Gasteiger partial charge is 0.489 e. The summed E-state index contributed by atoms with van der Waals surface area (Å²) >= 11 is 11.9. The third kappa shape index (κ3) is 4.90. The van der Waals surface area contributed by atoms with Gasteiger partial charge in [0.1, 0.15) is 18.2 Å². The Kier molecular flexibility index (Phi) is 6.39. The van der Waals surface area contributed by atoms with Crippen molar-refractivity contribution in [2.75, 3.05) is 5.32 Å². The van der Waals surface area contributed by atoms with Crippen LogP contribution >= 0.6 is 23.2 Å². The minimum atomic E-state index is -1.00. The molecule has 0 aliphatic rings. The summed E-state index contributed by atoms with van der Waals surface area (Å²) in [7, 11) is 0. The number of anilines is 1. The molecular formula is C23H14Cl2F2N2O3. The molecule has 0 saturated heterocycles. The van der Waals surface area contributed by atoms with Gasteiger partial charge < -0.3 is 14.6 Å². The van der Waals surface area contributed by atoms with Gasteiger partial charge in [0.05, 0.1) is 10.7 Å². The number of hydrogen-bond donors (Lipinski definition) is 1. The summed E-state index contributed by atoms with van der Waals surface area (Å²) in [5.41, 5.74) is 1.07. The molecule has 0 fully saturated rings. The summed E-state index contributed by atoms with van der Waals surface area (Å²) in [5, 5.41) is 6.32. The molecule has 1 N–H and O–H groups in total. The Labute approximate surface area is 191 Å². The molecule has 0 unspecified atom stereocenters. The maximum Gasteiger partial charge on any atom is 0.277 e. The van der Waals surface area contributed by atoms with Crippen LogP contribution in [0.25, 0.3) is 11.3 Å². The molecular weight excluding hydrogens is 461 g/mol. The van der Waals surface area contributed by atoms with Gasteiger partial charge in [-0.1, -0.05) is 46.6 Å². The number of hydrogen-bond acceptors (Lipinski definition) is 4. The lowest BCUT2D eigenvalue weighted by Crippen LogP contribution is -2.14. The third-order valence-corrected chi connectivity index (χ3v) is 5.15. The number of ether oxygens (including phenoxy) is 1. The van der Waals surface area contributed by atoms with Gasteiger partial charge in [-0.05, 0) is 36.4 Å². The summed E-state index contributed by atoms with van der Waals surface area (Å²) in [4.78, 5) is 12.4. The Morgan fingerprint density at radius 2 is 1.75 bits per heavy atom. The van der Waals surface area contributed by atoms with Crippen molar-refractivity contribution in [2.24, 2.45) is 0 Å². The van der Waals surface area contributed by atoms with E-state index in [1.807, 2.05) is 18.2 Å². The molecule has 1 amide bonds. The van der Waals surface area contributed by atoms with E-state index in [9.17, 15) is 13.6 Å². The van der Waals surface area contributed by atoms with E-state index in [0.29, 0.717) is 34.8 Å². The van der Waals surface area contributed by atoms with E-state index in [1.165, 1.54) is 6.07 Å². The second-order valence-corrected chi connectivity index (χ2v) is 7.49. The third-order valence-electron chi connectivity index (χ3n) is 4.48. The van der Waals surface area contributed by atoms with Crippen LogP contribution in [0.3, 0.4) is 0 Å². The molecule has 0 aliphatic carbocycles. The van der Waals surface area contributed by atoms with Crippen LogP contribution in [0.2, 0.25) is 10.0 Å². The van der Waals surface area contributed by atoms with Crippen molar-refractivity contribution in [1.29, 1.82) is 0 Å². The van der Waals surface area contributed by atoms with Crippen molar-refractivity contribution in [2.45, 2.75) is 6.61 Å². The molecule has 1 aromatic heterocycles. The van der Waals surface area contributed by atoms with E-state index in [4.69, 9.17) is 32.5 Å². The first-order valence-corrected chi connectivity index (χ1v) is 10.1. The van der Waals surface area contributed by atoms with Crippen LogP contribution in [-0.4, -0.2) is 11.1 Å². The Morgan fingerprint density at radius 1 is 1.00 bits per heavy atom. The molecule has 4 rings (SSSR count). The van der Waals surface area contributed by atoms with Crippen molar-refractivity contribution in [3.05, 3.63) is 99.7 Å². The molecule has 1 heterocycles. The highest BCUT2D eigenvalue weighted by molar-refractivity contribution is 6.34. The molecule has 0 aliphatic heterocycles. The van der Waals surface area contributed by atoms with E-state index in [1.54, 1.807) is 30.3 Å². The zero-order valence-electron chi connectivity index (χ0n) is 16.2. The number of benzene rings is 3. The highest BCUT2D eigenvalue weighted by Gasteiger charge is 2.18. The smallest absolute Gasteiger partial charge is 0.277 e. The molecule has 3 aromatic carbocycles. The minimum Gasteiger partial charge on any atom is -0.489 e. The van der Waals surface area contributed by atoms with Gasteiger partial charge in [0, 0.05) is 28.3 Å². The van der Waals surface area contributed by atoms with E-state index in [0.717, 1.165) is 11.6 Å². The van der Waals surface area contributed by atoms with Crippen molar-refractivity contribution >= 4 is 34.8 Å². The van der Waals surface area contributed by atoms with Crippen molar-refractivity contribution in [1.82, 2.24) is 5.16 Å². The zero-order chi connectivity index (χ0) is 22.7. The fraction of sp³-hybridized carbons (Fsp3) is 0.0435. The maximum atomic E-state index is 13.9. The average Bonchev–Trinajstić information content (AvgIpc) is 3.26. The topological polar surface area (TPSA) is 64.4 Å². The predicted molar refractivity (Wildman–Crippen MR) is 117 cm³/mol. The summed E-state index contributed by atoms with van der Waals surface area (Å²) in [6.07, 6.45) is 0. The second-order valence-electron chi connectivity index (χ2n) is 6.68. The molecule has 5 nitrogen and oxygen atoms in total. The first-order valence-electron chi connectivity index (χ1n) is 9.30. The number of nitrogens with zero attached hydrogens (tertiary/aromatic N) is 1. The number of rotatable bonds is 6. The fourth-order valence-electron chi connectivity index (χ4n) is 2.85. The molecule has 0 saturated carbocycles. The Morgan fingerprint density at radius 3 is 2.47 bits per heavy atom. The van der Waals surface area contributed by atoms with Crippen molar-refractivity contribution in [3.8, 4) is 17.1 Å². The number of nitrogens with one attached hydrogen (secondary N) is 1. The van der Waals surface area contributed by atoms with Gasteiger partial charge in [0.25, 0.3) is 5.91 Å². The highest BCUT2D eigenvalue weighted by atomic mass is 35.5. The molecule has 162 valence electrons. The van der Waals surface area contributed by atoms with E-state index >= 15 is 0 Å². The first kappa shape index (κ1) is 21.8. The average molecular weight is 475 g/mol. The van der Waals surface area contributed by atoms with Crippen LogP contribution in [0.1, 0.15) is 16.1 Å². The van der Waals surface area contributed by atoms with E-state index < -0.39 is 17.5 Å². The van der Waals surface area contributed by atoms with Gasteiger partial charge >= 0.3 is 0 Å². The van der Waals surface area contributed by atoms with Gasteiger partial charge in [-0.2, -0.15) is 0 Å². The molecule has 0 atom stereocenters. The lowest BCUT2D eigenvalue weighted by Gasteiger charge is -2.08. The summed E-state index contributed by atoms with van der Waals surface area (Å²) in [6.45, 7) is 0.314. The summed E-state index contributed by atoms with van der Waals surface area (Å²) in [6, 6.07) is 17.2. The van der Waals surface area contributed by atoms with E-state index in [-0.39, 0.29) is 16.4 Å². The Balaban J connectivity index is 1.43. The summed E-state index contributed by atoms with van der Waals surface area (Å²) < 4.78 is 38.0. The van der Waals surface area contributed by atoms with Gasteiger partial charge in [-0.15, -0.1) is 0 Å². The highest BCUT2D eigenvalue weighted by Crippen LogP contribution is 2.28. The number of carbonyl (C=O) groups excluding carboxylic acids is 1. The number of amides is 1. The van der Waals surface area contributed by atoms with Gasteiger partial charge in [-0.25, -0.2) is 8.78 Å². The van der Waals surface area contributed by atoms with Crippen LogP contribution in [0, 0.1) is 11.6 Å². The van der Waals surface area contributed by atoms with Crippen LogP contribution in [0.4, 0.5) is 14.5 Å². The molecule has 0 bridgehead atoms. The lowest BCUT2D eigenvalue weighted by molar-refractivity contribution is 0.101. The number of carbonyl (C=O) groups is 1. The fourth-order valence-corrected chi connectivity index (χ4v) is 3.28. The molecule has 0 radical (unpaired) electrons. The second kappa shape index (κ2) is 9.38. The zero-order valence-corrected chi connectivity index (χ0v) is 17.8. The molecule has 9 heteroatoms. The maximum absolute atomic E-state index is 13.9. The van der Waals surface area contributed by atoms with Gasteiger partial charge in [0.2, 0.25) is 0 Å². The van der Waals surface area contributed by atoms with Crippen molar-refractivity contribution < 1.29 is 22.8 Å². The Hall–Kier alpha value is -3.42. The lowest BCUT2D eigenvalue weighted by atomic mass is 10.1. The standard InChI is InChI=1S/C23H14Cl2F2N2O3/c24-17-4-2-1-3-14(17)12-31-16-7-5-13(6-8-16)21-11-20(29-32-21)23(30)28-22-18(25)9-15(26)10-19(22)27/h1-11H,12H2,(H,28,30). The molecule has 0 spiro atoms. The van der Waals surface area contributed by atoms with Gasteiger partial charge in [-0.3, -0.25) is 4.79 Å². The van der Waals surface area contributed by atoms with Crippen LogP contribution in [0.15, 0.2) is 71.3 Å². The van der Waals surface area contributed by atoms with Crippen LogP contribution in [-0.2, 0) is 6.61 Å². The van der Waals surface area contributed by atoms with Crippen LogP contribution in [0.5, 0.6) is 5.75 Å². The summed E-state index contributed by atoms with van der Waals surface area (Å²) in [5.74, 6) is -1.67. The molecule has 32 heavy (non-hydrogen) atoms.